The van der Waals surface area contributed by atoms with Crippen molar-refractivity contribution in [3.05, 3.63) is 120 Å². The zero-order chi connectivity index (χ0) is 21.2. The summed E-state index contributed by atoms with van der Waals surface area (Å²) < 4.78 is 2.03. The number of carbonyl (C=O) groups excluding carboxylic acids is 1. The summed E-state index contributed by atoms with van der Waals surface area (Å²) in [5, 5.41) is 5.02. The lowest BCUT2D eigenvalue weighted by molar-refractivity contribution is 0.103. The van der Waals surface area contributed by atoms with E-state index in [2.05, 4.69) is 10.3 Å². The predicted molar refractivity (Wildman–Crippen MR) is 126 cm³/mol. The number of para-hydroxylation sites is 2. The van der Waals surface area contributed by atoms with Crippen LogP contribution < -0.4 is 5.32 Å². The van der Waals surface area contributed by atoms with E-state index in [0.717, 1.165) is 22.4 Å². The van der Waals surface area contributed by atoms with Crippen LogP contribution in [-0.4, -0.2) is 15.3 Å². The molecule has 5 aromatic rings. The highest BCUT2D eigenvalue weighted by atomic mass is 35.5. The molecule has 0 saturated heterocycles. The van der Waals surface area contributed by atoms with Gasteiger partial charge in [-0.1, -0.05) is 54.1 Å². The molecule has 0 amide bonds. The minimum absolute atomic E-state index is 0.0869. The number of benzene rings is 3. The average Bonchev–Trinajstić information content (AvgIpc) is 3.25. The molecule has 0 radical (unpaired) electrons. The highest BCUT2D eigenvalue weighted by molar-refractivity contribution is 6.31. The molecule has 0 aliphatic heterocycles. The predicted octanol–water partition coefficient (Wildman–Crippen LogP) is 6.65. The second kappa shape index (κ2) is 8.09. The van der Waals surface area contributed by atoms with Crippen LogP contribution in [0.2, 0.25) is 5.02 Å². The van der Waals surface area contributed by atoms with Crippen molar-refractivity contribution in [2.45, 2.75) is 0 Å². The molecule has 3 aromatic carbocycles. The fourth-order valence-electron chi connectivity index (χ4n) is 3.65. The number of rotatable bonds is 5. The largest absolute Gasteiger partial charge is 0.353 e. The van der Waals surface area contributed by atoms with Gasteiger partial charge in [0.1, 0.15) is 5.65 Å². The second-order valence-electron chi connectivity index (χ2n) is 7.13. The molecule has 0 aliphatic rings. The van der Waals surface area contributed by atoms with Crippen LogP contribution in [0.4, 0.5) is 11.4 Å². The summed E-state index contributed by atoms with van der Waals surface area (Å²) in [7, 11) is 0. The van der Waals surface area contributed by atoms with Gasteiger partial charge in [-0.25, -0.2) is 4.98 Å². The van der Waals surface area contributed by atoms with E-state index >= 15 is 0 Å². The van der Waals surface area contributed by atoms with Crippen molar-refractivity contribution in [1.82, 2.24) is 9.55 Å². The molecule has 0 fully saturated rings. The second-order valence-corrected chi connectivity index (χ2v) is 7.57. The Labute approximate surface area is 184 Å². The number of halogens is 1. The Kier molecular flexibility index (Phi) is 4.98. The monoisotopic (exact) mass is 423 g/mol. The van der Waals surface area contributed by atoms with Crippen LogP contribution in [0, 0.1) is 0 Å². The number of pyridine rings is 1. The molecular weight excluding hydrogens is 406 g/mol. The van der Waals surface area contributed by atoms with Gasteiger partial charge in [0.05, 0.1) is 11.4 Å². The van der Waals surface area contributed by atoms with Gasteiger partial charge in [0.25, 0.3) is 0 Å². The van der Waals surface area contributed by atoms with Crippen molar-refractivity contribution in [3.8, 4) is 5.69 Å². The minimum Gasteiger partial charge on any atom is -0.353 e. The molecular formula is C26H18ClN3O. The van der Waals surface area contributed by atoms with Gasteiger partial charge in [0.2, 0.25) is 0 Å². The number of anilines is 2. The van der Waals surface area contributed by atoms with E-state index in [-0.39, 0.29) is 5.78 Å². The molecule has 0 aliphatic carbocycles. The standard InChI is InChI=1S/C26H18ClN3O/c27-20-12-13-22(21(17-20)25(31)18-7-2-1-3-8-18)29-23-10-4-5-11-24(23)30-16-14-19-9-6-15-28-26(19)30/h1-17,29H. The summed E-state index contributed by atoms with van der Waals surface area (Å²) in [5.41, 5.74) is 4.48. The van der Waals surface area contributed by atoms with Gasteiger partial charge in [-0.3, -0.25) is 9.36 Å². The quantitative estimate of drug-likeness (QED) is 0.322. The first-order valence-corrected chi connectivity index (χ1v) is 10.3. The Bertz CT molecular complexity index is 1390. The van der Waals surface area contributed by atoms with Crippen molar-refractivity contribution in [3.63, 3.8) is 0 Å². The maximum absolute atomic E-state index is 13.2. The van der Waals surface area contributed by atoms with E-state index in [1.165, 1.54) is 0 Å². The van der Waals surface area contributed by atoms with Crippen molar-refractivity contribution >= 4 is 39.8 Å². The third-order valence-corrected chi connectivity index (χ3v) is 5.38. The number of ketones is 1. The molecule has 2 heterocycles. The molecule has 5 rings (SSSR count). The highest BCUT2D eigenvalue weighted by Crippen LogP contribution is 2.31. The summed E-state index contributed by atoms with van der Waals surface area (Å²) in [5.74, 6) is -0.0869. The highest BCUT2D eigenvalue weighted by Gasteiger charge is 2.16. The molecule has 1 N–H and O–H groups in total. The molecule has 150 valence electrons. The molecule has 0 spiro atoms. The zero-order valence-corrected chi connectivity index (χ0v) is 17.3. The van der Waals surface area contributed by atoms with Crippen LogP contribution in [-0.2, 0) is 0 Å². The zero-order valence-electron chi connectivity index (χ0n) is 16.5. The number of fused-ring (bicyclic) bond motifs is 1. The summed E-state index contributed by atoms with van der Waals surface area (Å²) >= 11 is 6.24. The van der Waals surface area contributed by atoms with Crippen LogP contribution >= 0.6 is 11.6 Å². The molecule has 0 saturated carbocycles. The SMILES string of the molecule is O=C(c1ccccc1)c1cc(Cl)ccc1Nc1ccccc1-n1ccc2cccnc21. The van der Waals surface area contributed by atoms with E-state index in [0.29, 0.717) is 21.8 Å². The summed E-state index contributed by atoms with van der Waals surface area (Å²) in [6.07, 6.45) is 3.78. The molecule has 0 unspecified atom stereocenters. The van der Waals surface area contributed by atoms with Crippen LogP contribution in [0.1, 0.15) is 15.9 Å². The number of aromatic nitrogens is 2. The van der Waals surface area contributed by atoms with Gasteiger partial charge in [0, 0.05) is 39.6 Å². The minimum atomic E-state index is -0.0869. The maximum Gasteiger partial charge on any atom is 0.195 e. The van der Waals surface area contributed by atoms with Crippen molar-refractivity contribution in [2.75, 3.05) is 5.32 Å². The molecule has 5 heteroatoms. The lowest BCUT2D eigenvalue weighted by Gasteiger charge is -2.16. The summed E-state index contributed by atoms with van der Waals surface area (Å²) in [6, 6.07) is 28.4. The van der Waals surface area contributed by atoms with E-state index in [9.17, 15) is 4.79 Å². The fourth-order valence-corrected chi connectivity index (χ4v) is 3.83. The Morgan fingerprint density at radius 1 is 0.839 bits per heavy atom. The maximum atomic E-state index is 13.2. The first kappa shape index (κ1) is 19.1. The number of carbonyl (C=O) groups is 1. The van der Waals surface area contributed by atoms with Gasteiger partial charge in [-0.15, -0.1) is 0 Å². The van der Waals surface area contributed by atoms with Gasteiger partial charge >= 0.3 is 0 Å². The van der Waals surface area contributed by atoms with Crippen molar-refractivity contribution in [2.24, 2.45) is 0 Å². The molecule has 2 aromatic heterocycles. The van der Waals surface area contributed by atoms with E-state index < -0.39 is 0 Å². The van der Waals surface area contributed by atoms with Crippen LogP contribution in [0.5, 0.6) is 0 Å². The first-order valence-electron chi connectivity index (χ1n) is 9.88. The summed E-state index contributed by atoms with van der Waals surface area (Å²) in [4.78, 5) is 17.7. The van der Waals surface area contributed by atoms with Crippen molar-refractivity contribution in [1.29, 1.82) is 0 Å². The van der Waals surface area contributed by atoms with E-state index in [1.54, 1.807) is 30.5 Å². The number of nitrogens with zero attached hydrogens (tertiary/aromatic N) is 2. The normalized spacial score (nSPS) is 10.9. The first-order chi connectivity index (χ1) is 15.2. The Hall–Kier alpha value is -3.89. The Morgan fingerprint density at radius 3 is 2.52 bits per heavy atom. The average molecular weight is 424 g/mol. The lowest BCUT2D eigenvalue weighted by atomic mass is 10.0. The molecule has 0 atom stereocenters. The van der Waals surface area contributed by atoms with Gasteiger partial charge in [-0.2, -0.15) is 0 Å². The lowest BCUT2D eigenvalue weighted by Crippen LogP contribution is -2.07. The van der Waals surface area contributed by atoms with Crippen LogP contribution in [0.3, 0.4) is 0 Å². The summed E-state index contributed by atoms with van der Waals surface area (Å²) in [6.45, 7) is 0. The molecule has 0 bridgehead atoms. The van der Waals surface area contributed by atoms with Crippen LogP contribution in [0.25, 0.3) is 16.7 Å². The van der Waals surface area contributed by atoms with Gasteiger partial charge in [-0.05, 0) is 48.5 Å². The number of hydrogen-bond acceptors (Lipinski definition) is 3. The van der Waals surface area contributed by atoms with E-state index in [4.69, 9.17) is 11.6 Å². The third-order valence-electron chi connectivity index (χ3n) is 5.14. The smallest absolute Gasteiger partial charge is 0.195 e. The van der Waals surface area contributed by atoms with E-state index in [1.807, 2.05) is 77.5 Å². The molecule has 31 heavy (non-hydrogen) atoms. The third kappa shape index (κ3) is 3.69. The Balaban J connectivity index is 1.59. The Morgan fingerprint density at radius 2 is 1.65 bits per heavy atom. The topological polar surface area (TPSA) is 46.9 Å². The fraction of sp³-hybridized carbons (Fsp3) is 0. The van der Waals surface area contributed by atoms with Gasteiger partial charge in [0.15, 0.2) is 5.78 Å². The molecule has 4 nitrogen and oxygen atoms in total. The van der Waals surface area contributed by atoms with Crippen molar-refractivity contribution < 1.29 is 4.79 Å². The number of nitrogens with one attached hydrogen (secondary N) is 1. The van der Waals surface area contributed by atoms with Crippen LogP contribution in [0.15, 0.2) is 103 Å². The van der Waals surface area contributed by atoms with Gasteiger partial charge < -0.3 is 5.32 Å². The number of hydrogen-bond donors (Lipinski definition) is 1.